The lowest BCUT2D eigenvalue weighted by atomic mass is 10.3. The molecule has 2 aromatic carbocycles. The maximum Gasteiger partial charge on any atom is 0.319 e. The van der Waals surface area contributed by atoms with E-state index in [1.807, 2.05) is 42.5 Å². The zero-order valence-electron chi connectivity index (χ0n) is 12.3. The number of carbonyl (C=O) groups is 1. The van der Waals surface area contributed by atoms with Crippen molar-refractivity contribution in [2.24, 2.45) is 0 Å². The number of rotatable bonds is 5. The summed E-state index contributed by atoms with van der Waals surface area (Å²) in [6.45, 7) is 0.435. The van der Waals surface area contributed by atoms with E-state index in [2.05, 4.69) is 33.0 Å². The lowest BCUT2D eigenvalue weighted by Gasteiger charge is -2.07. The second-order valence-electron chi connectivity index (χ2n) is 4.85. The van der Waals surface area contributed by atoms with Crippen molar-refractivity contribution in [3.63, 3.8) is 0 Å². The first-order valence-corrected chi connectivity index (χ1v) is 7.97. The van der Waals surface area contributed by atoms with E-state index < -0.39 is 0 Å². The third kappa shape index (κ3) is 4.62. The molecule has 0 aliphatic heterocycles. The highest BCUT2D eigenvalue weighted by Crippen LogP contribution is 2.28. The predicted molar refractivity (Wildman–Crippen MR) is 91.5 cm³/mol. The van der Waals surface area contributed by atoms with E-state index in [9.17, 15) is 4.79 Å². The van der Waals surface area contributed by atoms with Crippen LogP contribution in [0.15, 0.2) is 76.8 Å². The fraction of sp³-hybridized carbons (Fsp3) is 0.0588. The van der Waals surface area contributed by atoms with Gasteiger partial charge in [-0.2, -0.15) is 5.10 Å². The van der Waals surface area contributed by atoms with Crippen LogP contribution >= 0.6 is 11.8 Å². The van der Waals surface area contributed by atoms with Gasteiger partial charge in [-0.3, -0.25) is 5.10 Å². The molecular formula is C17H16N4OS. The van der Waals surface area contributed by atoms with Gasteiger partial charge in [0.1, 0.15) is 0 Å². The van der Waals surface area contributed by atoms with Crippen LogP contribution < -0.4 is 10.6 Å². The van der Waals surface area contributed by atoms with E-state index in [1.54, 1.807) is 24.2 Å². The number of H-pyrrole nitrogens is 1. The molecule has 116 valence electrons. The van der Waals surface area contributed by atoms with Gasteiger partial charge >= 0.3 is 6.03 Å². The Labute approximate surface area is 138 Å². The quantitative estimate of drug-likeness (QED) is 0.667. The van der Waals surface area contributed by atoms with Crippen LogP contribution in [-0.2, 0) is 6.54 Å². The Morgan fingerprint density at radius 1 is 1.04 bits per heavy atom. The van der Waals surface area contributed by atoms with E-state index in [0.29, 0.717) is 6.54 Å². The number of aromatic amines is 1. The van der Waals surface area contributed by atoms with Crippen molar-refractivity contribution in [3.8, 4) is 0 Å². The second-order valence-corrected chi connectivity index (χ2v) is 6.00. The number of urea groups is 1. The molecule has 1 heterocycles. The van der Waals surface area contributed by atoms with Crippen LogP contribution in [-0.4, -0.2) is 16.2 Å². The molecule has 3 aromatic rings. The molecule has 0 atom stereocenters. The molecule has 0 bridgehead atoms. The highest BCUT2D eigenvalue weighted by molar-refractivity contribution is 7.99. The van der Waals surface area contributed by atoms with Crippen LogP contribution in [0.2, 0.25) is 0 Å². The van der Waals surface area contributed by atoms with Gasteiger partial charge in [-0.05, 0) is 36.4 Å². The zero-order valence-corrected chi connectivity index (χ0v) is 13.1. The second kappa shape index (κ2) is 7.51. The summed E-state index contributed by atoms with van der Waals surface area (Å²) < 4.78 is 0. The SMILES string of the molecule is O=C(NCc1cn[nH]c1)Nc1ccc(Sc2ccccc2)cc1. The molecule has 23 heavy (non-hydrogen) atoms. The summed E-state index contributed by atoms with van der Waals surface area (Å²) in [5.74, 6) is 0. The molecule has 0 aliphatic rings. The van der Waals surface area contributed by atoms with E-state index in [4.69, 9.17) is 0 Å². The fourth-order valence-electron chi connectivity index (χ4n) is 1.96. The Kier molecular flexibility index (Phi) is 4.95. The molecule has 2 amide bonds. The lowest BCUT2D eigenvalue weighted by Crippen LogP contribution is -2.27. The standard InChI is InChI=1S/C17H16N4OS/c22-17(18-10-13-11-19-20-12-13)21-14-6-8-16(9-7-14)23-15-4-2-1-3-5-15/h1-9,11-12H,10H2,(H,19,20)(H2,18,21,22). The first kappa shape index (κ1) is 15.2. The number of anilines is 1. The summed E-state index contributed by atoms with van der Waals surface area (Å²) in [7, 11) is 0. The molecule has 0 spiro atoms. The first-order valence-electron chi connectivity index (χ1n) is 7.15. The van der Waals surface area contributed by atoms with Gasteiger partial charge in [0, 0.05) is 33.8 Å². The molecule has 5 nitrogen and oxygen atoms in total. The third-order valence-corrected chi connectivity index (χ3v) is 4.11. The topological polar surface area (TPSA) is 69.8 Å². The van der Waals surface area contributed by atoms with E-state index in [0.717, 1.165) is 16.1 Å². The Balaban J connectivity index is 1.51. The van der Waals surface area contributed by atoms with E-state index in [1.165, 1.54) is 4.90 Å². The number of nitrogens with zero attached hydrogens (tertiary/aromatic N) is 1. The normalized spacial score (nSPS) is 10.3. The van der Waals surface area contributed by atoms with Gasteiger partial charge in [0.2, 0.25) is 0 Å². The molecule has 3 rings (SSSR count). The molecule has 3 N–H and O–H groups in total. The Bertz CT molecular complexity index is 742. The minimum Gasteiger partial charge on any atom is -0.334 e. The lowest BCUT2D eigenvalue weighted by molar-refractivity contribution is 0.251. The fourth-order valence-corrected chi connectivity index (χ4v) is 2.80. The van der Waals surface area contributed by atoms with Crippen LogP contribution in [0.25, 0.3) is 0 Å². The Hall–Kier alpha value is -2.73. The highest BCUT2D eigenvalue weighted by Gasteiger charge is 2.03. The first-order chi connectivity index (χ1) is 11.3. The Morgan fingerprint density at radius 3 is 2.48 bits per heavy atom. The number of hydrogen-bond donors (Lipinski definition) is 3. The van der Waals surface area contributed by atoms with Crippen molar-refractivity contribution in [1.82, 2.24) is 15.5 Å². The van der Waals surface area contributed by atoms with Gasteiger partial charge in [0.05, 0.1) is 6.20 Å². The average Bonchev–Trinajstić information content (AvgIpc) is 3.09. The molecular weight excluding hydrogens is 308 g/mol. The monoisotopic (exact) mass is 324 g/mol. The Morgan fingerprint density at radius 2 is 1.78 bits per heavy atom. The molecule has 0 saturated heterocycles. The summed E-state index contributed by atoms with van der Waals surface area (Å²) >= 11 is 1.68. The maximum atomic E-state index is 11.8. The zero-order chi connectivity index (χ0) is 15.9. The number of hydrogen-bond acceptors (Lipinski definition) is 3. The van der Waals surface area contributed by atoms with Crippen LogP contribution in [0, 0.1) is 0 Å². The van der Waals surface area contributed by atoms with Gasteiger partial charge in [-0.25, -0.2) is 4.79 Å². The maximum absolute atomic E-state index is 11.8. The van der Waals surface area contributed by atoms with Gasteiger partial charge in [0.15, 0.2) is 0 Å². The molecule has 0 radical (unpaired) electrons. The average molecular weight is 324 g/mol. The van der Waals surface area contributed by atoms with Crippen LogP contribution in [0.5, 0.6) is 0 Å². The van der Waals surface area contributed by atoms with Gasteiger partial charge in [-0.1, -0.05) is 30.0 Å². The van der Waals surface area contributed by atoms with Crippen molar-refractivity contribution < 1.29 is 4.79 Å². The van der Waals surface area contributed by atoms with E-state index in [-0.39, 0.29) is 6.03 Å². The third-order valence-electron chi connectivity index (χ3n) is 3.10. The van der Waals surface area contributed by atoms with Crippen molar-refractivity contribution >= 4 is 23.5 Å². The van der Waals surface area contributed by atoms with Crippen molar-refractivity contribution in [3.05, 3.63) is 72.6 Å². The molecule has 0 saturated carbocycles. The van der Waals surface area contributed by atoms with Crippen molar-refractivity contribution in [2.45, 2.75) is 16.3 Å². The summed E-state index contributed by atoms with van der Waals surface area (Å²) in [4.78, 5) is 14.1. The minimum atomic E-state index is -0.241. The number of nitrogens with one attached hydrogen (secondary N) is 3. The number of aromatic nitrogens is 2. The van der Waals surface area contributed by atoms with Crippen molar-refractivity contribution in [1.29, 1.82) is 0 Å². The van der Waals surface area contributed by atoms with Gasteiger partial charge in [-0.15, -0.1) is 0 Å². The summed E-state index contributed by atoms with van der Waals surface area (Å²) in [6, 6.07) is 17.7. The molecule has 6 heteroatoms. The number of benzene rings is 2. The molecule has 0 unspecified atom stereocenters. The summed E-state index contributed by atoms with van der Waals surface area (Å²) in [5, 5.41) is 12.1. The van der Waals surface area contributed by atoms with E-state index >= 15 is 0 Å². The molecule has 0 fully saturated rings. The minimum absolute atomic E-state index is 0.241. The van der Waals surface area contributed by atoms with Crippen LogP contribution in [0.4, 0.5) is 10.5 Å². The predicted octanol–water partition coefficient (Wildman–Crippen LogP) is 3.88. The largest absolute Gasteiger partial charge is 0.334 e. The highest BCUT2D eigenvalue weighted by atomic mass is 32.2. The van der Waals surface area contributed by atoms with Gasteiger partial charge < -0.3 is 10.6 Å². The molecule has 1 aromatic heterocycles. The number of carbonyl (C=O) groups excluding carboxylic acids is 1. The van der Waals surface area contributed by atoms with Crippen LogP contribution in [0.1, 0.15) is 5.56 Å². The number of amides is 2. The smallest absolute Gasteiger partial charge is 0.319 e. The summed E-state index contributed by atoms with van der Waals surface area (Å²) in [5.41, 5.74) is 1.68. The molecule has 0 aliphatic carbocycles. The van der Waals surface area contributed by atoms with Gasteiger partial charge in [0.25, 0.3) is 0 Å². The van der Waals surface area contributed by atoms with Crippen molar-refractivity contribution in [2.75, 3.05) is 5.32 Å². The van der Waals surface area contributed by atoms with Crippen LogP contribution in [0.3, 0.4) is 0 Å². The summed E-state index contributed by atoms with van der Waals surface area (Å²) in [6.07, 6.45) is 3.42.